The molecule has 1 aromatic heterocycles. The lowest BCUT2D eigenvalue weighted by Crippen LogP contribution is -2.43. The number of alkyl carbamates (subject to hydrolysis) is 1. The van der Waals surface area contributed by atoms with Gasteiger partial charge < -0.3 is 10.1 Å². The molecule has 0 saturated heterocycles. The summed E-state index contributed by atoms with van der Waals surface area (Å²) in [6.45, 7) is 9.13. The molecule has 0 radical (unpaired) electrons. The maximum Gasteiger partial charge on any atom is 0.407 e. The summed E-state index contributed by atoms with van der Waals surface area (Å²) < 4.78 is 29.6. The van der Waals surface area contributed by atoms with Gasteiger partial charge >= 0.3 is 6.09 Å². The van der Waals surface area contributed by atoms with Gasteiger partial charge in [0.25, 0.3) is 0 Å². The molecule has 0 unspecified atom stereocenters. The van der Waals surface area contributed by atoms with Gasteiger partial charge in [0.05, 0.1) is 5.75 Å². The summed E-state index contributed by atoms with van der Waals surface area (Å²) in [6, 6.07) is -0.565. The van der Waals surface area contributed by atoms with Crippen LogP contribution in [0.15, 0.2) is 11.5 Å². The molecule has 0 spiro atoms. The molecule has 1 atom stereocenters. The molecular formula is C13H24N4O4S. The van der Waals surface area contributed by atoms with Crippen molar-refractivity contribution in [2.45, 2.75) is 57.8 Å². The Labute approximate surface area is 131 Å². The van der Waals surface area contributed by atoms with Crippen LogP contribution in [0.5, 0.6) is 0 Å². The van der Waals surface area contributed by atoms with Crippen LogP contribution in [0.2, 0.25) is 0 Å². The molecule has 0 aromatic carbocycles. The van der Waals surface area contributed by atoms with Crippen LogP contribution in [0.1, 0.15) is 41.0 Å². The number of sulfone groups is 1. The van der Waals surface area contributed by atoms with E-state index in [2.05, 4.69) is 20.5 Å². The van der Waals surface area contributed by atoms with Gasteiger partial charge in [0.2, 0.25) is 15.0 Å². The molecule has 1 aromatic rings. The predicted octanol–water partition coefficient (Wildman–Crippen LogP) is 1.52. The summed E-state index contributed by atoms with van der Waals surface area (Å²) in [5.41, 5.74) is -0.643. The van der Waals surface area contributed by atoms with Gasteiger partial charge in [-0.25, -0.2) is 18.2 Å². The quantitative estimate of drug-likeness (QED) is 0.816. The summed E-state index contributed by atoms with van der Waals surface area (Å²) in [6.07, 6.45) is 1.00. The smallest absolute Gasteiger partial charge is 0.407 e. The van der Waals surface area contributed by atoms with Gasteiger partial charge in [-0.2, -0.15) is 5.10 Å². The molecule has 126 valence electrons. The van der Waals surface area contributed by atoms with Gasteiger partial charge in [-0.1, -0.05) is 13.8 Å². The lowest BCUT2D eigenvalue weighted by atomic mass is 10.1. The van der Waals surface area contributed by atoms with Gasteiger partial charge in [0.1, 0.15) is 11.9 Å². The van der Waals surface area contributed by atoms with Gasteiger partial charge in [0, 0.05) is 6.04 Å². The number of nitrogens with one attached hydrogen (secondary N) is 2. The maximum absolute atomic E-state index is 12.2. The Kier molecular flexibility index (Phi) is 5.92. The molecule has 0 fully saturated rings. The highest BCUT2D eigenvalue weighted by molar-refractivity contribution is 7.91. The lowest BCUT2D eigenvalue weighted by molar-refractivity contribution is 0.0504. The predicted molar refractivity (Wildman–Crippen MR) is 81.0 cm³/mol. The number of hydrogen-bond donors (Lipinski definition) is 2. The highest BCUT2D eigenvalue weighted by atomic mass is 32.2. The number of rotatable bonds is 6. The van der Waals surface area contributed by atoms with E-state index in [0.29, 0.717) is 6.42 Å². The molecule has 0 bridgehead atoms. The number of hydrogen-bond acceptors (Lipinski definition) is 6. The average molecular weight is 332 g/mol. The Morgan fingerprint density at radius 2 is 2.05 bits per heavy atom. The largest absolute Gasteiger partial charge is 0.444 e. The summed E-state index contributed by atoms with van der Waals surface area (Å²) in [5, 5.41) is 8.29. The fourth-order valence-electron chi connectivity index (χ4n) is 1.90. The Hall–Kier alpha value is -1.64. The van der Waals surface area contributed by atoms with Crippen LogP contribution in [0.4, 0.5) is 4.79 Å². The first-order chi connectivity index (χ1) is 9.99. The zero-order valence-corrected chi connectivity index (χ0v) is 14.4. The molecule has 1 rings (SSSR count). The molecular weight excluding hydrogens is 308 g/mol. The summed E-state index contributed by atoms with van der Waals surface area (Å²) in [5.74, 6) is -0.0514. The van der Waals surface area contributed by atoms with E-state index in [1.807, 2.05) is 13.8 Å². The van der Waals surface area contributed by atoms with Crippen molar-refractivity contribution in [3.63, 3.8) is 0 Å². The van der Waals surface area contributed by atoms with E-state index >= 15 is 0 Å². The van der Waals surface area contributed by atoms with Crippen molar-refractivity contribution in [2.24, 2.45) is 5.92 Å². The minimum absolute atomic E-state index is 0.202. The third-order valence-electron chi connectivity index (χ3n) is 2.58. The van der Waals surface area contributed by atoms with Crippen LogP contribution >= 0.6 is 0 Å². The molecule has 0 aliphatic rings. The van der Waals surface area contributed by atoms with Crippen LogP contribution < -0.4 is 5.32 Å². The number of nitrogens with zero attached hydrogens (tertiary/aromatic N) is 2. The van der Waals surface area contributed by atoms with Crippen LogP contribution in [-0.4, -0.2) is 47.1 Å². The minimum Gasteiger partial charge on any atom is -0.444 e. The Morgan fingerprint density at radius 1 is 1.41 bits per heavy atom. The van der Waals surface area contributed by atoms with Crippen molar-refractivity contribution in [1.82, 2.24) is 20.5 Å². The van der Waals surface area contributed by atoms with Crippen LogP contribution in [0, 0.1) is 5.92 Å². The van der Waals surface area contributed by atoms with Crippen molar-refractivity contribution < 1.29 is 17.9 Å². The van der Waals surface area contributed by atoms with Gasteiger partial charge in [-0.05, 0) is 33.1 Å². The van der Waals surface area contributed by atoms with E-state index in [1.165, 1.54) is 0 Å². The molecule has 0 saturated carbocycles. The van der Waals surface area contributed by atoms with Crippen molar-refractivity contribution in [2.75, 3.05) is 5.75 Å². The molecule has 8 nitrogen and oxygen atoms in total. The number of carbonyl (C=O) groups is 1. The third-order valence-corrected chi connectivity index (χ3v) is 4.21. The topological polar surface area (TPSA) is 114 Å². The van der Waals surface area contributed by atoms with Gasteiger partial charge in [-0.15, -0.1) is 0 Å². The number of H-pyrrole nitrogens is 1. The zero-order chi connectivity index (χ0) is 17.0. The van der Waals surface area contributed by atoms with Gasteiger partial charge in [0.15, 0.2) is 0 Å². The van der Waals surface area contributed by atoms with Crippen molar-refractivity contribution in [3.05, 3.63) is 6.33 Å². The Balaban J connectivity index is 2.79. The van der Waals surface area contributed by atoms with E-state index in [-0.39, 0.29) is 16.8 Å². The van der Waals surface area contributed by atoms with E-state index in [1.54, 1.807) is 20.8 Å². The zero-order valence-electron chi connectivity index (χ0n) is 13.6. The monoisotopic (exact) mass is 332 g/mol. The third kappa shape index (κ3) is 6.42. The second kappa shape index (κ2) is 7.08. The summed E-state index contributed by atoms with van der Waals surface area (Å²) >= 11 is 0. The van der Waals surface area contributed by atoms with Crippen molar-refractivity contribution in [1.29, 1.82) is 0 Å². The molecule has 9 heteroatoms. The minimum atomic E-state index is -3.65. The first-order valence-corrected chi connectivity index (χ1v) is 8.72. The first kappa shape index (κ1) is 18.4. The Morgan fingerprint density at radius 3 is 2.50 bits per heavy atom. The first-order valence-electron chi connectivity index (χ1n) is 7.07. The summed E-state index contributed by atoms with van der Waals surface area (Å²) in [4.78, 5) is 15.5. The summed E-state index contributed by atoms with van der Waals surface area (Å²) in [7, 11) is -3.65. The second-order valence-corrected chi connectivity index (χ2v) is 8.49. The maximum atomic E-state index is 12.2. The van der Waals surface area contributed by atoms with E-state index in [4.69, 9.17) is 4.74 Å². The molecule has 22 heavy (non-hydrogen) atoms. The molecule has 0 aliphatic heterocycles. The van der Waals surface area contributed by atoms with E-state index in [0.717, 1.165) is 6.33 Å². The molecule has 0 aliphatic carbocycles. The Bertz CT molecular complexity index is 576. The van der Waals surface area contributed by atoms with E-state index < -0.39 is 27.6 Å². The van der Waals surface area contributed by atoms with Crippen LogP contribution in [0.3, 0.4) is 0 Å². The normalized spacial score (nSPS) is 13.9. The highest BCUT2D eigenvalue weighted by Gasteiger charge is 2.27. The number of carbonyl (C=O) groups excluding carboxylic acids is 1. The lowest BCUT2D eigenvalue weighted by Gasteiger charge is -2.24. The van der Waals surface area contributed by atoms with Crippen molar-refractivity contribution >= 4 is 15.9 Å². The fraction of sp³-hybridized carbons (Fsp3) is 0.769. The highest BCUT2D eigenvalue weighted by Crippen LogP contribution is 2.13. The average Bonchev–Trinajstić information content (AvgIpc) is 2.77. The van der Waals surface area contributed by atoms with Gasteiger partial charge in [-0.3, -0.25) is 5.10 Å². The fourth-order valence-corrected chi connectivity index (χ4v) is 3.21. The van der Waals surface area contributed by atoms with Crippen molar-refractivity contribution in [3.8, 4) is 0 Å². The second-order valence-electron chi connectivity index (χ2n) is 6.54. The van der Waals surface area contributed by atoms with E-state index in [9.17, 15) is 13.2 Å². The molecule has 1 heterocycles. The van der Waals surface area contributed by atoms with Crippen LogP contribution in [-0.2, 0) is 14.6 Å². The molecule has 1 amide bonds. The number of aromatic nitrogens is 3. The number of ether oxygens (including phenoxy) is 1. The standard InChI is InChI=1S/C13H24N4O4S/c1-9(2)6-10(16-12(18)21-13(3,4)5)7-22(19,20)11-14-8-15-17-11/h8-10H,6-7H2,1-5H3,(H,16,18)(H,14,15,17)/t10-/m0/s1. The number of amides is 1. The SMILES string of the molecule is CC(C)C[C@@H](CS(=O)(=O)c1ncn[nH]1)NC(=O)OC(C)(C)C. The van der Waals surface area contributed by atoms with Crippen LogP contribution in [0.25, 0.3) is 0 Å². The number of aromatic amines is 1. The molecule has 2 N–H and O–H groups in total.